The van der Waals surface area contributed by atoms with Crippen LogP contribution in [-0.4, -0.2) is 16.1 Å². The maximum Gasteiger partial charge on any atom is 0.125 e. The van der Waals surface area contributed by atoms with E-state index in [1.54, 1.807) is 0 Å². The summed E-state index contributed by atoms with van der Waals surface area (Å²) in [5.74, 6) is 1.01. The van der Waals surface area contributed by atoms with Crippen molar-refractivity contribution in [3.05, 3.63) is 35.9 Å². The highest BCUT2D eigenvalue weighted by atomic mass is 19.1. The van der Waals surface area contributed by atoms with Crippen LogP contribution in [0.1, 0.15) is 36.6 Å². The molecule has 1 heterocycles. The lowest BCUT2D eigenvalue weighted by Gasteiger charge is -2.26. The minimum Gasteiger partial charge on any atom is -0.247 e. The fourth-order valence-corrected chi connectivity index (χ4v) is 2.07. The Labute approximate surface area is 89.3 Å². The predicted molar refractivity (Wildman–Crippen MR) is 57.4 cm³/mol. The molecular formula is C12H15FN2. The standard InChI is InChI=1S/C12H15FN2/c1-8-5-11(13)3-4-12(8)10-6-14-9(2)15-7-10/h6-7,11-12H,1,3-5H2,2H3. The van der Waals surface area contributed by atoms with Crippen molar-refractivity contribution in [1.29, 1.82) is 0 Å². The highest BCUT2D eigenvalue weighted by Crippen LogP contribution is 2.36. The Bertz CT molecular complexity index is 358. The zero-order valence-electron chi connectivity index (χ0n) is 8.91. The van der Waals surface area contributed by atoms with Gasteiger partial charge in [-0.3, -0.25) is 0 Å². The molecule has 1 aliphatic carbocycles. The molecule has 0 radical (unpaired) electrons. The van der Waals surface area contributed by atoms with Crippen LogP contribution in [0.4, 0.5) is 4.39 Å². The van der Waals surface area contributed by atoms with E-state index >= 15 is 0 Å². The SMILES string of the molecule is C=C1CC(F)CCC1c1cnc(C)nc1. The van der Waals surface area contributed by atoms with Crippen LogP contribution in [0.5, 0.6) is 0 Å². The molecule has 0 aromatic carbocycles. The molecule has 0 spiro atoms. The second kappa shape index (κ2) is 4.09. The highest BCUT2D eigenvalue weighted by molar-refractivity contribution is 5.25. The lowest BCUT2D eigenvalue weighted by atomic mass is 9.81. The first-order valence-electron chi connectivity index (χ1n) is 5.27. The molecule has 0 N–H and O–H groups in total. The Morgan fingerprint density at radius 3 is 2.60 bits per heavy atom. The molecule has 15 heavy (non-hydrogen) atoms. The number of halogens is 1. The second-order valence-corrected chi connectivity index (χ2v) is 4.15. The van der Waals surface area contributed by atoms with Gasteiger partial charge in [0.2, 0.25) is 0 Å². The smallest absolute Gasteiger partial charge is 0.125 e. The molecule has 1 aromatic heterocycles. The van der Waals surface area contributed by atoms with Crippen molar-refractivity contribution in [2.45, 2.75) is 38.3 Å². The van der Waals surface area contributed by atoms with Gasteiger partial charge < -0.3 is 0 Å². The largest absolute Gasteiger partial charge is 0.247 e. The lowest BCUT2D eigenvalue weighted by Crippen LogP contribution is -2.16. The molecule has 2 atom stereocenters. The Hall–Kier alpha value is -1.25. The van der Waals surface area contributed by atoms with E-state index < -0.39 is 6.17 Å². The number of aryl methyl sites for hydroxylation is 1. The summed E-state index contributed by atoms with van der Waals surface area (Å²) < 4.78 is 13.1. The molecule has 1 aliphatic rings. The second-order valence-electron chi connectivity index (χ2n) is 4.15. The first kappa shape index (κ1) is 10.3. The van der Waals surface area contributed by atoms with Gasteiger partial charge in [-0.05, 0) is 31.7 Å². The number of hydrogen-bond acceptors (Lipinski definition) is 2. The normalized spacial score (nSPS) is 26.7. The van der Waals surface area contributed by atoms with Crippen LogP contribution in [0, 0.1) is 6.92 Å². The third-order valence-electron chi connectivity index (χ3n) is 2.95. The zero-order chi connectivity index (χ0) is 10.8. The number of aromatic nitrogens is 2. The van der Waals surface area contributed by atoms with Crippen molar-refractivity contribution in [1.82, 2.24) is 9.97 Å². The molecule has 3 heteroatoms. The van der Waals surface area contributed by atoms with E-state index in [-0.39, 0.29) is 5.92 Å². The van der Waals surface area contributed by atoms with Gasteiger partial charge in [0.25, 0.3) is 0 Å². The van der Waals surface area contributed by atoms with Gasteiger partial charge in [0, 0.05) is 18.3 Å². The molecule has 80 valence electrons. The molecular weight excluding hydrogens is 191 g/mol. The first-order valence-corrected chi connectivity index (χ1v) is 5.27. The van der Waals surface area contributed by atoms with Gasteiger partial charge in [0.1, 0.15) is 12.0 Å². The fraction of sp³-hybridized carbons (Fsp3) is 0.500. The quantitative estimate of drug-likeness (QED) is 0.660. The summed E-state index contributed by atoms with van der Waals surface area (Å²) in [6.07, 6.45) is 4.89. The summed E-state index contributed by atoms with van der Waals surface area (Å²) >= 11 is 0. The van der Waals surface area contributed by atoms with Crippen molar-refractivity contribution < 1.29 is 4.39 Å². The maximum atomic E-state index is 13.1. The van der Waals surface area contributed by atoms with Crippen molar-refractivity contribution in [3.8, 4) is 0 Å². The van der Waals surface area contributed by atoms with Crippen LogP contribution in [0.25, 0.3) is 0 Å². The van der Waals surface area contributed by atoms with Gasteiger partial charge >= 0.3 is 0 Å². The van der Waals surface area contributed by atoms with Gasteiger partial charge in [0.05, 0.1) is 0 Å². The average molecular weight is 206 g/mol. The third-order valence-corrected chi connectivity index (χ3v) is 2.95. The van der Waals surface area contributed by atoms with E-state index in [1.807, 2.05) is 19.3 Å². The zero-order valence-corrected chi connectivity index (χ0v) is 8.91. The van der Waals surface area contributed by atoms with Crippen LogP contribution in [0.2, 0.25) is 0 Å². The number of rotatable bonds is 1. The van der Waals surface area contributed by atoms with Gasteiger partial charge in [-0.25, -0.2) is 14.4 Å². The first-order chi connectivity index (χ1) is 7.16. The van der Waals surface area contributed by atoms with E-state index in [9.17, 15) is 4.39 Å². The van der Waals surface area contributed by atoms with E-state index in [4.69, 9.17) is 0 Å². The summed E-state index contributed by atoms with van der Waals surface area (Å²) in [5.41, 5.74) is 2.04. The van der Waals surface area contributed by atoms with Crippen molar-refractivity contribution >= 4 is 0 Å². The number of hydrogen-bond donors (Lipinski definition) is 0. The molecule has 2 nitrogen and oxygen atoms in total. The minimum absolute atomic E-state index is 0.248. The average Bonchev–Trinajstić information content (AvgIpc) is 2.20. The molecule has 0 aliphatic heterocycles. The van der Waals surface area contributed by atoms with Gasteiger partial charge in [-0.1, -0.05) is 12.2 Å². The molecule has 2 rings (SSSR count). The molecule has 1 saturated carbocycles. The highest BCUT2D eigenvalue weighted by Gasteiger charge is 2.25. The Kier molecular flexibility index (Phi) is 2.80. The molecule has 1 fully saturated rings. The van der Waals surface area contributed by atoms with Crippen LogP contribution >= 0.6 is 0 Å². The van der Waals surface area contributed by atoms with E-state index in [1.165, 1.54) is 0 Å². The third kappa shape index (κ3) is 2.22. The monoisotopic (exact) mass is 206 g/mol. The van der Waals surface area contributed by atoms with E-state index in [0.29, 0.717) is 12.8 Å². The Balaban J connectivity index is 2.17. The summed E-state index contributed by atoms with van der Waals surface area (Å²) in [6.45, 7) is 5.81. The van der Waals surface area contributed by atoms with Crippen LogP contribution in [0.15, 0.2) is 24.5 Å². The van der Waals surface area contributed by atoms with Gasteiger partial charge in [-0.2, -0.15) is 0 Å². The van der Waals surface area contributed by atoms with E-state index in [0.717, 1.165) is 23.4 Å². The summed E-state index contributed by atoms with van der Waals surface area (Å²) in [4.78, 5) is 8.32. The molecule has 0 bridgehead atoms. The molecule has 0 amide bonds. The fourth-order valence-electron chi connectivity index (χ4n) is 2.07. The van der Waals surface area contributed by atoms with Crippen LogP contribution in [0.3, 0.4) is 0 Å². The van der Waals surface area contributed by atoms with E-state index in [2.05, 4.69) is 16.5 Å². The summed E-state index contributed by atoms with van der Waals surface area (Å²) in [7, 11) is 0. The molecule has 2 unspecified atom stereocenters. The van der Waals surface area contributed by atoms with Crippen LogP contribution < -0.4 is 0 Å². The minimum atomic E-state index is -0.708. The van der Waals surface area contributed by atoms with Crippen molar-refractivity contribution in [3.63, 3.8) is 0 Å². The number of allylic oxidation sites excluding steroid dienone is 1. The Morgan fingerprint density at radius 1 is 1.33 bits per heavy atom. The maximum absolute atomic E-state index is 13.1. The summed E-state index contributed by atoms with van der Waals surface area (Å²) in [6, 6.07) is 0. The summed E-state index contributed by atoms with van der Waals surface area (Å²) in [5, 5.41) is 0. The van der Waals surface area contributed by atoms with Gasteiger partial charge in [-0.15, -0.1) is 0 Å². The predicted octanol–water partition coefficient (Wildman–Crippen LogP) is 2.95. The number of alkyl halides is 1. The molecule has 0 saturated heterocycles. The Morgan fingerprint density at radius 2 is 2.00 bits per heavy atom. The topological polar surface area (TPSA) is 25.8 Å². The van der Waals surface area contributed by atoms with Crippen LogP contribution in [-0.2, 0) is 0 Å². The van der Waals surface area contributed by atoms with Gasteiger partial charge in [0.15, 0.2) is 0 Å². The van der Waals surface area contributed by atoms with Crippen molar-refractivity contribution in [2.24, 2.45) is 0 Å². The lowest BCUT2D eigenvalue weighted by molar-refractivity contribution is 0.273. The number of nitrogens with zero attached hydrogens (tertiary/aromatic N) is 2. The molecule has 1 aromatic rings. The van der Waals surface area contributed by atoms with Crippen molar-refractivity contribution in [2.75, 3.05) is 0 Å².